The van der Waals surface area contributed by atoms with Crippen LogP contribution in [0, 0.1) is 20.8 Å². The molecule has 3 aromatic carbocycles. The second-order valence-corrected chi connectivity index (χ2v) is 9.85. The monoisotopic (exact) mass is 450 g/mol. The normalized spacial score (nSPS) is 12.2. The number of hydrogen-bond acceptors (Lipinski definition) is 3. The van der Waals surface area contributed by atoms with Gasteiger partial charge in [0.15, 0.2) is 0 Å². The van der Waals surface area contributed by atoms with Gasteiger partial charge in [0.1, 0.15) is 6.54 Å². The number of carbonyl (C=O) groups excluding carboxylic acids is 1. The molecule has 0 aliphatic carbocycles. The first-order valence-electron chi connectivity index (χ1n) is 10.7. The highest BCUT2D eigenvalue weighted by Crippen LogP contribution is 2.29. The molecule has 3 aromatic rings. The summed E-state index contributed by atoms with van der Waals surface area (Å²) < 4.78 is 28.4. The summed E-state index contributed by atoms with van der Waals surface area (Å²) >= 11 is 0. The lowest BCUT2D eigenvalue weighted by Crippen LogP contribution is -2.42. The quantitative estimate of drug-likeness (QED) is 0.521. The molecule has 1 N–H and O–H groups in total. The van der Waals surface area contributed by atoms with Crippen molar-refractivity contribution in [1.82, 2.24) is 5.32 Å². The van der Waals surface area contributed by atoms with Gasteiger partial charge in [-0.05, 0) is 62.1 Å². The van der Waals surface area contributed by atoms with Gasteiger partial charge in [0.05, 0.1) is 16.6 Å². The summed E-state index contributed by atoms with van der Waals surface area (Å²) in [5, 5.41) is 3.00. The number of benzene rings is 3. The van der Waals surface area contributed by atoms with E-state index in [-0.39, 0.29) is 23.4 Å². The molecule has 0 radical (unpaired) electrons. The fourth-order valence-electron chi connectivity index (χ4n) is 3.62. The predicted molar refractivity (Wildman–Crippen MR) is 129 cm³/mol. The summed E-state index contributed by atoms with van der Waals surface area (Å²) in [5.74, 6) is -0.350. The Morgan fingerprint density at radius 2 is 1.56 bits per heavy atom. The fourth-order valence-corrected chi connectivity index (χ4v) is 5.10. The van der Waals surface area contributed by atoms with Gasteiger partial charge in [-0.25, -0.2) is 8.42 Å². The van der Waals surface area contributed by atoms with E-state index >= 15 is 0 Å². The van der Waals surface area contributed by atoms with Crippen molar-refractivity contribution in [1.29, 1.82) is 0 Å². The number of sulfonamides is 1. The Morgan fingerprint density at radius 1 is 0.906 bits per heavy atom. The van der Waals surface area contributed by atoms with Gasteiger partial charge >= 0.3 is 0 Å². The zero-order valence-corrected chi connectivity index (χ0v) is 19.8. The Bertz CT molecular complexity index is 1170. The lowest BCUT2D eigenvalue weighted by molar-refractivity contribution is -0.120. The molecule has 0 saturated carbocycles. The molecule has 0 aromatic heterocycles. The predicted octanol–water partition coefficient (Wildman–Crippen LogP) is 5.07. The molecule has 0 unspecified atom stereocenters. The minimum absolute atomic E-state index is 0.159. The topological polar surface area (TPSA) is 66.5 Å². The summed E-state index contributed by atoms with van der Waals surface area (Å²) in [6.45, 7) is 7.39. The van der Waals surface area contributed by atoms with Gasteiger partial charge in [-0.3, -0.25) is 9.10 Å². The zero-order valence-electron chi connectivity index (χ0n) is 19.0. The molecule has 0 fully saturated rings. The molecular weight excluding hydrogens is 420 g/mol. The van der Waals surface area contributed by atoms with E-state index in [1.165, 1.54) is 4.31 Å². The largest absolute Gasteiger partial charge is 0.348 e. The van der Waals surface area contributed by atoms with Gasteiger partial charge in [-0.1, -0.05) is 67.1 Å². The Kier molecular flexibility index (Phi) is 7.36. The van der Waals surface area contributed by atoms with Crippen LogP contribution in [0.25, 0.3) is 0 Å². The molecule has 0 aliphatic heterocycles. The molecule has 0 spiro atoms. The number of nitrogens with one attached hydrogen (secondary N) is 1. The third kappa shape index (κ3) is 5.19. The van der Waals surface area contributed by atoms with Crippen LogP contribution in [0.4, 0.5) is 5.69 Å². The number of anilines is 1. The maximum atomic E-state index is 13.6. The molecule has 0 saturated heterocycles. The van der Waals surface area contributed by atoms with Crippen LogP contribution >= 0.6 is 0 Å². The number of aryl methyl sites for hydroxylation is 2. The summed E-state index contributed by atoms with van der Waals surface area (Å²) in [6, 6.07) is 21.7. The summed E-state index contributed by atoms with van der Waals surface area (Å²) in [6.07, 6.45) is 0.698. The van der Waals surface area contributed by atoms with E-state index in [0.717, 1.165) is 22.3 Å². The molecule has 3 rings (SSSR count). The number of amides is 1. The molecule has 168 valence electrons. The fraction of sp³-hybridized carbons (Fsp3) is 0.269. The van der Waals surface area contributed by atoms with E-state index in [9.17, 15) is 13.2 Å². The van der Waals surface area contributed by atoms with Crippen molar-refractivity contribution in [3.05, 3.63) is 95.1 Å². The van der Waals surface area contributed by atoms with Crippen LogP contribution in [-0.4, -0.2) is 20.9 Å². The number of rotatable bonds is 8. The van der Waals surface area contributed by atoms with E-state index in [4.69, 9.17) is 0 Å². The molecule has 32 heavy (non-hydrogen) atoms. The summed E-state index contributed by atoms with van der Waals surface area (Å²) in [5.41, 5.74) is 4.25. The summed E-state index contributed by atoms with van der Waals surface area (Å²) in [4.78, 5) is 13.2. The van der Waals surface area contributed by atoms with Gasteiger partial charge in [-0.2, -0.15) is 0 Å². The molecule has 6 heteroatoms. The van der Waals surface area contributed by atoms with E-state index in [1.54, 1.807) is 30.3 Å². The third-order valence-electron chi connectivity index (χ3n) is 5.69. The first kappa shape index (κ1) is 23.5. The van der Waals surface area contributed by atoms with Crippen LogP contribution in [-0.2, 0) is 14.8 Å². The highest BCUT2D eigenvalue weighted by molar-refractivity contribution is 7.92. The number of nitrogens with zero attached hydrogens (tertiary/aromatic N) is 1. The second-order valence-electron chi connectivity index (χ2n) is 7.98. The van der Waals surface area contributed by atoms with Gasteiger partial charge in [-0.15, -0.1) is 0 Å². The molecule has 1 atom stereocenters. The van der Waals surface area contributed by atoms with Crippen molar-refractivity contribution in [3.63, 3.8) is 0 Å². The average molecular weight is 451 g/mol. The number of carbonyl (C=O) groups is 1. The van der Waals surface area contributed by atoms with E-state index in [2.05, 4.69) is 5.32 Å². The first-order chi connectivity index (χ1) is 15.2. The van der Waals surface area contributed by atoms with Crippen molar-refractivity contribution in [2.75, 3.05) is 10.8 Å². The molecule has 1 amide bonds. The van der Waals surface area contributed by atoms with Crippen LogP contribution < -0.4 is 9.62 Å². The van der Waals surface area contributed by atoms with Crippen molar-refractivity contribution < 1.29 is 13.2 Å². The Morgan fingerprint density at radius 3 is 2.19 bits per heavy atom. The van der Waals surface area contributed by atoms with Crippen molar-refractivity contribution in [3.8, 4) is 0 Å². The van der Waals surface area contributed by atoms with Gasteiger partial charge in [0.25, 0.3) is 10.0 Å². The van der Waals surface area contributed by atoms with Crippen LogP contribution in [0.5, 0.6) is 0 Å². The molecular formula is C26H30N2O3S. The minimum atomic E-state index is -3.94. The van der Waals surface area contributed by atoms with Crippen LogP contribution in [0.15, 0.2) is 77.7 Å². The van der Waals surface area contributed by atoms with Gasteiger partial charge in [0.2, 0.25) is 5.91 Å². The second kappa shape index (κ2) is 10.0. The molecule has 0 aliphatic rings. The maximum absolute atomic E-state index is 13.6. The molecule has 0 heterocycles. The average Bonchev–Trinajstić information content (AvgIpc) is 2.79. The lowest BCUT2D eigenvalue weighted by atomic mass is 10.0. The lowest BCUT2D eigenvalue weighted by Gasteiger charge is -2.27. The Labute approximate surface area is 191 Å². The molecule has 0 bridgehead atoms. The van der Waals surface area contributed by atoms with E-state index in [1.807, 2.05) is 70.2 Å². The van der Waals surface area contributed by atoms with E-state index < -0.39 is 10.0 Å². The highest BCUT2D eigenvalue weighted by atomic mass is 32.2. The minimum Gasteiger partial charge on any atom is -0.348 e. The third-order valence-corrected chi connectivity index (χ3v) is 7.46. The van der Waals surface area contributed by atoms with Crippen LogP contribution in [0.3, 0.4) is 0 Å². The first-order valence-corrected chi connectivity index (χ1v) is 12.2. The van der Waals surface area contributed by atoms with Crippen molar-refractivity contribution in [2.24, 2.45) is 0 Å². The smallest absolute Gasteiger partial charge is 0.264 e. The standard InChI is InChI=1S/C26H30N2O3S/c1-5-24(22-11-7-6-8-12-22)27-26(29)18-28(25-13-9-10-20(3)21(25)4)32(30,31)23-16-14-19(2)15-17-23/h6-17,24H,5,18H2,1-4H3,(H,27,29)/t24-/m0/s1. The van der Waals surface area contributed by atoms with Gasteiger partial charge < -0.3 is 5.32 Å². The van der Waals surface area contributed by atoms with Crippen LogP contribution in [0.1, 0.15) is 41.6 Å². The van der Waals surface area contributed by atoms with Gasteiger partial charge in [0, 0.05) is 0 Å². The zero-order chi connectivity index (χ0) is 23.3. The number of hydrogen-bond donors (Lipinski definition) is 1. The van der Waals surface area contributed by atoms with Crippen molar-refractivity contribution in [2.45, 2.75) is 45.1 Å². The Hall–Kier alpha value is -3.12. The summed E-state index contributed by atoms with van der Waals surface area (Å²) in [7, 11) is -3.94. The van der Waals surface area contributed by atoms with Crippen molar-refractivity contribution >= 4 is 21.6 Å². The molecule has 5 nitrogen and oxygen atoms in total. The van der Waals surface area contributed by atoms with Crippen LogP contribution in [0.2, 0.25) is 0 Å². The maximum Gasteiger partial charge on any atom is 0.264 e. The SMILES string of the molecule is CC[C@H](NC(=O)CN(c1cccc(C)c1C)S(=O)(=O)c1ccc(C)cc1)c1ccccc1. The van der Waals surface area contributed by atoms with E-state index in [0.29, 0.717) is 12.1 Å². The highest BCUT2D eigenvalue weighted by Gasteiger charge is 2.29. The Balaban J connectivity index is 1.97.